The van der Waals surface area contributed by atoms with Gasteiger partial charge >= 0.3 is 0 Å². The lowest BCUT2D eigenvalue weighted by molar-refractivity contribution is 0.359. The Balaban J connectivity index is 2.98. The van der Waals surface area contributed by atoms with Gasteiger partial charge in [-0.3, -0.25) is 0 Å². The summed E-state index contributed by atoms with van der Waals surface area (Å²) in [6.07, 6.45) is 0. The topological polar surface area (TPSA) is 38.0 Å². The van der Waals surface area contributed by atoms with Gasteiger partial charge in [-0.15, -0.1) is 0 Å². The van der Waals surface area contributed by atoms with Crippen molar-refractivity contribution in [1.82, 2.24) is 0 Å². The number of rotatable bonds is 2. The van der Waals surface area contributed by atoms with Gasteiger partial charge in [-0.25, -0.2) is 0 Å². The Morgan fingerprint density at radius 1 is 1.19 bits per heavy atom. The first-order valence-corrected chi connectivity index (χ1v) is 5.98. The molecule has 1 rings (SSSR count). The number of hydrogen-bond donors (Lipinski definition) is 2. The Morgan fingerprint density at radius 2 is 1.62 bits per heavy atom. The average Bonchev–Trinajstić information content (AvgIpc) is 2.08. The van der Waals surface area contributed by atoms with Gasteiger partial charge in [0.1, 0.15) is 0 Å². The third-order valence-electron chi connectivity index (χ3n) is 2.72. The summed E-state index contributed by atoms with van der Waals surface area (Å²) in [5.41, 5.74) is 7.10. The van der Waals surface area contributed by atoms with Crippen molar-refractivity contribution in [1.29, 1.82) is 0 Å². The van der Waals surface area contributed by atoms with E-state index in [1.54, 1.807) is 12.1 Å². The first-order chi connectivity index (χ1) is 7.21. The fraction of sp³-hybridized carbons (Fsp3) is 0.500. The lowest BCUT2D eigenvalue weighted by atomic mass is 9.88. The maximum absolute atomic E-state index is 6.10. The monoisotopic (exact) mass is 260 g/mol. The van der Waals surface area contributed by atoms with E-state index < -0.39 is 0 Å². The largest absolute Gasteiger partial charge is 0.399 e. The zero-order valence-electron chi connectivity index (χ0n) is 10.1. The van der Waals surface area contributed by atoms with Gasteiger partial charge in [0.25, 0.3) is 0 Å². The Kier molecular flexibility index (Phi) is 3.97. The zero-order valence-corrected chi connectivity index (χ0v) is 11.6. The molecule has 0 spiro atoms. The Bertz CT molecular complexity index is 360. The van der Waals surface area contributed by atoms with Crippen molar-refractivity contribution in [3.63, 3.8) is 0 Å². The molecular weight excluding hydrogens is 243 g/mol. The van der Waals surface area contributed by atoms with Crippen molar-refractivity contribution in [2.75, 3.05) is 11.1 Å². The molecule has 3 N–H and O–H groups in total. The van der Waals surface area contributed by atoms with Crippen molar-refractivity contribution in [3.05, 3.63) is 22.2 Å². The molecule has 0 aliphatic rings. The minimum absolute atomic E-state index is 0.133. The Labute approximate surface area is 107 Å². The normalized spacial score (nSPS) is 13.6. The highest BCUT2D eigenvalue weighted by Crippen LogP contribution is 2.35. The van der Waals surface area contributed by atoms with E-state index in [1.165, 1.54) is 0 Å². The van der Waals surface area contributed by atoms with Crippen molar-refractivity contribution < 1.29 is 0 Å². The quantitative estimate of drug-likeness (QED) is 0.773. The predicted molar refractivity (Wildman–Crippen MR) is 73.4 cm³/mol. The van der Waals surface area contributed by atoms with Crippen LogP contribution < -0.4 is 11.1 Å². The first kappa shape index (κ1) is 13.5. The fourth-order valence-electron chi connectivity index (χ4n) is 1.16. The smallest absolute Gasteiger partial charge is 0.0722 e. The molecule has 1 unspecified atom stereocenters. The molecule has 4 heteroatoms. The van der Waals surface area contributed by atoms with Gasteiger partial charge in [0.15, 0.2) is 0 Å². The number of hydrogen-bond acceptors (Lipinski definition) is 2. The van der Waals surface area contributed by atoms with Crippen LogP contribution >= 0.6 is 23.2 Å². The standard InChI is InChI=1S/C12H18Cl2N2/c1-7(12(2,3)4)16-11-9(13)5-8(15)6-10(11)14/h5-7,16H,15H2,1-4H3. The Morgan fingerprint density at radius 3 is 2.00 bits per heavy atom. The summed E-state index contributed by atoms with van der Waals surface area (Å²) in [7, 11) is 0. The van der Waals surface area contributed by atoms with Gasteiger partial charge in [-0.05, 0) is 24.5 Å². The molecule has 1 aromatic carbocycles. The second kappa shape index (κ2) is 4.72. The Hall–Kier alpha value is -0.600. The molecule has 0 saturated heterocycles. The van der Waals surface area contributed by atoms with Crippen LogP contribution in [0.2, 0.25) is 10.0 Å². The van der Waals surface area contributed by atoms with Crippen LogP contribution in [-0.4, -0.2) is 6.04 Å². The van der Waals surface area contributed by atoms with E-state index in [0.717, 1.165) is 5.69 Å². The van der Waals surface area contributed by atoms with Crippen LogP contribution in [0.4, 0.5) is 11.4 Å². The maximum Gasteiger partial charge on any atom is 0.0722 e. The minimum atomic E-state index is 0.133. The van der Waals surface area contributed by atoms with E-state index >= 15 is 0 Å². The van der Waals surface area contributed by atoms with Gasteiger partial charge in [-0.1, -0.05) is 44.0 Å². The summed E-state index contributed by atoms with van der Waals surface area (Å²) in [4.78, 5) is 0. The van der Waals surface area contributed by atoms with Crippen LogP contribution in [0.25, 0.3) is 0 Å². The van der Waals surface area contributed by atoms with Gasteiger partial charge in [0, 0.05) is 11.7 Å². The lowest BCUT2D eigenvalue weighted by Crippen LogP contribution is -2.31. The van der Waals surface area contributed by atoms with Crippen LogP contribution in [0.1, 0.15) is 27.7 Å². The number of nitrogens with two attached hydrogens (primary N) is 1. The molecule has 0 saturated carbocycles. The molecule has 0 aliphatic carbocycles. The third kappa shape index (κ3) is 3.19. The average molecular weight is 261 g/mol. The summed E-state index contributed by atoms with van der Waals surface area (Å²) in [6, 6.07) is 3.65. The summed E-state index contributed by atoms with van der Waals surface area (Å²) in [5.74, 6) is 0. The highest BCUT2D eigenvalue weighted by atomic mass is 35.5. The maximum atomic E-state index is 6.10. The molecule has 0 aromatic heterocycles. The number of benzene rings is 1. The van der Waals surface area contributed by atoms with E-state index in [4.69, 9.17) is 28.9 Å². The van der Waals surface area contributed by atoms with Gasteiger partial charge in [-0.2, -0.15) is 0 Å². The van der Waals surface area contributed by atoms with Crippen LogP contribution in [0, 0.1) is 5.41 Å². The van der Waals surface area contributed by atoms with Crippen LogP contribution in [0.15, 0.2) is 12.1 Å². The molecule has 0 heterocycles. The molecular formula is C12H18Cl2N2. The van der Waals surface area contributed by atoms with Gasteiger partial charge < -0.3 is 11.1 Å². The highest BCUT2D eigenvalue weighted by molar-refractivity contribution is 6.39. The van der Waals surface area contributed by atoms with Crippen molar-refractivity contribution in [3.8, 4) is 0 Å². The van der Waals surface area contributed by atoms with Crippen LogP contribution in [-0.2, 0) is 0 Å². The number of halogens is 2. The van der Waals surface area contributed by atoms with Crippen LogP contribution in [0.5, 0.6) is 0 Å². The third-order valence-corrected chi connectivity index (χ3v) is 3.32. The van der Waals surface area contributed by atoms with E-state index in [0.29, 0.717) is 15.7 Å². The first-order valence-electron chi connectivity index (χ1n) is 5.23. The minimum Gasteiger partial charge on any atom is -0.399 e. The molecule has 0 radical (unpaired) electrons. The molecule has 0 aliphatic heterocycles. The molecule has 0 amide bonds. The van der Waals surface area contributed by atoms with E-state index in [1.807, 2.05) is 0 Å². The van der Waals surface area contributed by atoms with E-state index in [2.05, 4.69) is 33.0 Å². The van der Waals surface area contributed by atoms with Crippen molar-refractivity contribution in [2.45, 2.75) is 33.7 Å². The van der Waals surface area contributed by atoms with Crippen molar-refractivity contribution in [2.24, 2.45) is 5.41 Å². The number of anilines is 2. The number of nitrogen functional groups attached to an aromatic ring is 1. The highest BCUT2D eigenvalue weighted by Gasteiger charge is 2.21. The molecule has 0 bridgehead atoms. The molecule has 0 fully saturated rings. The second-order valence-electron chi connectivity index (χ2n) is 5.09. The second-order valence-corrected chi connectivity index (χ2v) is 5.91. The summed E-state index contributed by atoms with van der Waals surface area (Å²) >= 11 is 12.2. The van der Waals surface area contributed by atoms with Gasteiger partial charge in [0.05, 0.1) is 15.7 Å². The summed E-state index contributed by atoms with van der Waals surface area (Å²) in [5, 5.41) is 4.44. The van der Waals surface area contributed by atoms with E-state index in [9.17, 15) is 0 Å². The molecule has 1 atom stereocenters. The number of nitrogens with one attached hydrogen (secondary N) is 1. The van der Waals surface area contributed by atoms with Crippen molar-refractivity contribution >= 4 is 34.6 Å². The lowest BCUT2D eigenvalue weighted by Gasteiger charge is -2.29. The summed E-state index contributed by atoms with van der Waals surface area (Å²) in [6.45, 7) is 8.57. The fourth-order valence-corrected chi connectivity index (χ4v) is 1.78. The van der Waals surface area contributed by atoms with Crippen LogP contribution in [0.3, 0.4) is 0 Å². The molecule has 2 nitrogen and oxygen atoms in total. The van der Waals surface area contributed by atoms with E-state index in [-0.39, 0.29) is 11.5 Å². The zero-order chi connectivity index (χ0) is 12.5. The SMILES string of the molecule is CC(Nc1c(Cl)cc(N)cc1Cl)C(C)(C)C. The molecule has 90 valence electrons. The molecule has 1 aromatic rings. The van der Waals surface area contributed by atoms with Gasteiger partial charge in [0.2, 0.25) is 0 Å². The molecule has 16 heavy (non-hydrogen) atoms. The predicted octanol–water partition coefficient (Wildman–Crippen LogP) is 4.42. The summed E-state index contributed by atoms with van der Waals surface area (Å²) < 4.78 is 0.